The Hall–Kier alpha value is -2.86. The predicted molar refractivity (Wildman–Crippen MR) is 107 cm³/mol. The summed E-state index contributed by atoms with van der Waals surface area (Å²) in [5.74, 6) is -1.59. The van der Waals surface area contributed by atoms with Crippen molar-refractivity contribution in [3.05, 3.63) is 63.4 Å². The molecule has 0 amide bonds. The van der Waals surface area contributed by atoms with Crippen molar-refractivity contribution in [3.63, 3.8) is 0 Å². The number of rotatable bonds is 7. The number of carbonyl (C=O) groups is 3. The van der Waals surface area contributed by atoms with E-state index in [4.69, 9.17) is 21.1 Å². The van der Waals surface area contributed by atoms with E-state index in [2.05, 4.69) is 4.98 Å². The molecule has 28 heavy (non-hydrogen) atoms. The second kappa shape index (κ2) is 9.37. The van der Waals surface area contributed by atoms with Gasteiger partial charge in [-0.05, 0) is 57.0 Å². The molecule has 1 heterocycles. The van der Waals surface area contributed by atoms with Gasteiger partial charge in [-0.15, -0.1) is 0 Å². The lowest BCUT2D eigenvalue weighted by molar-refractivity contribution is -0.140. The van der Waals surface area contributed by atoms with Gasteiger partial charge in [0.2, 0.25) is 5.78 Å². The molecule has 1 aromatic carbocycles. The van der Waals surface area contributed by atoms with Crippen molar-refractivity contribution in [3.8, 4) is 0 Å². The first-order chi connectivity index (χ1) is 13.2. The maximum atomic E-state index is 12.7. The van der Waals surface area contributed by atoms with Gasteiger partial charge in [-0.25, -0.2) is 9.59 Å². The van der Waals surface area contributed by atoms with Crippen LogP contribution in [0.25, 0.3) is 6.08 Å². The first kappa shape index (κ1) is 21.4. The Bertz CT molecular complexity index is 929. The van der Waals surface area contributed by atoms with Crippen molar-refractivity contribution < 1.29 is 23.9 Å². The van der Waals surface area contributed by atoms with Crippen molar-refractivity contribution in [1.82, 2.24) is 4.98 Å². The molecule has 0 aliphatic heterocycles. The number of H-pyrrole nitrogens is 1. The van der Waals surface area contributed by atoms with Gasteiger partial charge in [-0.3, -0.25) is 4.79 Å². The highest BCUT2D eigenvalue weighted by atomic mass is 35.5. The zero-order valence-electron chi connectivity index (χ0n) is 16.2. The SMILES string of the molecule is CCOC(=O)c1c(C)[nH]c(C(=O)[C@@H](C)OC(=O)/C=C/c2cccc(Cl)c2)c1C. The average Bonchev–Trinajstić information content (AvgIpc) is 2.94. The van der Waals surface area contributed by atoms with Crippen molar-refractivity contribution in [2.75, 3.05) is 6.61 Å². The molecule has 0 fully saturated rings. The smallest absolute Gasteiger partial charge is 0.340 e. The van der Waals surface area contributed by atoms with E-state index in [1.54, 1.807) is 51.1 Å². The summed E-state index contributed by atoms with van der Waals surface area (Å²) in [7, 11) is 0. The van der Waals surface area contributed by atoms with Crippen molar-refractivity contribution >= 4 is 35.4 Å². The van der Waals surface area contributed by atoms with Crippen molar-refractivity contribution in [2.45, 2.75) is 33.8 Å². The van der Waals surface area contributed by atoms with Crippen LogP contribution in [0.15, 0.2) is 30.3 Å². The van der Waals surface area contributed by atoms with E-state index in [0.717, 1.165) is 5.56 Å². The predicted octanol–water partition coefficient (Wildman–Crippen LogP) is 4.29. The van der Waals surface area contributed by atoms with Gasteiger partial charge in [-0.2, -0.15) is 0 Å². The summed E-state index contributed by atoms with van der Waals surface area (Å²) in [5.41, 5.74) is 2.28. The normalized spacial score (nSPS) is 12.0. The molecule has 0 bridgehead atoms. The molecular weight excluding hydrogens is 382 g/mol. The highest BCUT2D eigenvalue weighted by molar-refractivity contribution is 6.30. The Balaban J connectivity index is 2.09. The number of aryl methyl sites for hydroxylation is 1. The third-order valence-corrected chi connectivity index (χ3v) is 4.32. The minimum absolute atomic E-state index is 0.222. The number of hydrogen-bond acceptors (Lipinski definition) is 5. The molecule has 148 valence electrons. The van der Waals surface area contributed by atoms with E-state index < -0.39 is 23.8 Å². The van der Waals surface area contributed by atoms with Crippen LogP contribution < -0.4 is 0 Å². The van der Waals surface area contributed by atoms with E-state index in [1.165, 1.54) is 13.0 Å². The Labute approximate surface area is 168 Å². The largest absolute Gasteiger partial charge is 0.462 e. The number of hydrogen-bond donors (Lipinski definition) is 1. The fourth-order valence-electron chi connectivity index (χ4n) is 2.75. The van der Waals surface area contributed by atoms with E-state index in [0.29, 0.717) is 21.8 Å². The number of aromatic amines is 1. The number of benzene rings is 1. The first-order valence-corrected chi connectivity index (χ1v) is 9.17. The van der Waals surface area contributed by atoms with Crippen LogP contribution in [0.5, 0.6) is 0 Å². The molecule has 2 aromatic rings. The molecule has 0 radical (unpaired) electrons. The Morgan fingerprint density at radius 1 is 1.25 bits per heavy atom. The maximum Gasteiger partial charge on any atom is 0.340 e. The molecule has 0 unspecified atom stereocenters. The number of halogens is 1. The summed E-state index contributed by atoms with van der Waals surface area (Å²) in [6.07, 6.45) is 1.75. The number of carbonyl (C=O) groups excluding carboxylic acids is 3. The van der Waals surface area contributed by atoms with Crippen LogP contribution in [0.1, 0.15) is 51.5 Å². The highest BCUT2D eigenvalue weighted by Crippen LogP contribution is 2.21. The van der Waals surface area contributed by atoms with Crippen molar-refractivity contribution in [1.29, 1.82) is 0 Å². The topological polar surface area (TPSA) is 85.5 Å². The maximum absolute atomic E-state index is 12.7. The van der Waals surface area contributed by atoms with Gasteiger partial charge in [0, 0.05) is 16.8 Å². The fourth-order valence-corrected chi connectivity index (χ4v) is 2.95. The molecule has 1 atom stereocenters. The van der Waals surface area contributed by atoms with Crippen LogP contribution >= 0.6 is 11.6 Å². The molecule has 0 saturated heterocycles. The third kappa shape index (κ3) is 5.10. The number of nitrogens with one attached hydrogen (secondary N) is 1. The lowest BCUT2D eigenvalue weighted by Gasteiger charge is -2.10. The summed E-state index contributed by atoms with van der Waals surface area (Å²) in [4.78, 5) is 39.6. The summed E-state index contributed by atoms with van der Waals surface area (Å²) in [6, 6.07) is 6.97. The summed E-state index contributed by atoms with van der Waals surface area (Å²) >= 11 is 5.89. The van der Waals surface area contributed by atoms with Crippen LogP contribution in [-0.4, -0.2) is 35.4 Å². The van der Waals surface area contributed by atoms with Gasteiger partial charge >= 0.3 is 11.9 Å². The summed E-state index contributed by atoms with van der Waals surface area (Å²) < 4.78 is 10.2. The number of Topliss-reactive ketones (excluding diaryl/α,β-unsaturated/α-hetero) is 1. The number of aromatic nitrogens is 1. The van der Waals surface area contributed by atoms with Crippen LogP contribution in [0.3, 0.4) is 0 Å². The molecule has 0 spiro atoms. The number of ether oxygens (including phenoxy) is 2. The molecule has 1 aromatic heterocycles. The van der Waals surface area contributed by atoms with Crippen LogP contribution in [0, 0.1) is 13.8 Å². The van der Waals surface area contributed by atoms with Gasteiger partial charge in [0.25, 0.3) is 0 Å². The second-order valence-corrected chi connectivity index (χ2v) is 6.61. The molecule has 0 saturated carbocycles. The molecule has 1 N–H and O–H groups in total. The minimum Gasteiger partial charge on any atom is -0.462 e. The van der Waals surface area contributed by atoms with Crippen LogP contribution in [0.2, 0.25) is 5.02 Å². The number of ketones is 1. The van der Waals surface area contributed by atoms with E-state index in [9.17, 15) is 14.4 Å². The van der Waals surface area contributed by atoms with Crippen molar-refractivity contribution in [2.24, 2.45) is 0 Å². The Morgan fingerprint density at radius 3 is 2.61 bits per heavy atom. The zero-order valence-corrected chi connectivity index (χ0v) is 16.9. The van der Waals surface area contributed by atoms with Gasteiger partial charge < -0.3 is 14.5 Å². The molecule has 2 rings (SSSR count). The van der Waals surface area contributed by atoms with Crippen LogP contribution in [0.4, 0.5) is 0 Å². The zero-order chi connectivity index (χ0) is 20.8. The first-order valence-electron chi connectivity index (χ1n) is 8.79. The lowest BCUT2D eigenvalue weighted by atomic mass is 10.1. The summed E-state index contributed by atoms with van der Waals surface area (Å²) in [6.45, 7) is 6.75. The fraction of sp³-hybridized carbons (Fsp3) is 0.286. The van der Waals surface area contributed by atoms with E-state index in [1.807, 2.05) is 0 Å². The molecule has 6 nitrogen and oxygen atoms in total. The second-order valence-electron chi connectivity index (χ2n) is 6.18. The molecule has 0 aliphatic carbocycles. The quantitative estimate of drug-likeness (QED) is 0.423. The van der Waals surface area contributed by atoms with Crippen LogP contribution in [-0.2, 0) is 14.3 Å². The van der Waals surface area contributed by atoms with Gasteiger partial charge in [-0.1, -0.05) is 23.7 Å². The lowest BCUT2D eigenvalue weighted by Crippen LogP contribution is -2.24. The number of esters is 2. The van der Waals surface area contributed by atoms with Gasteiger partial charge in [0.1, 0.15) is 0 Å². The highest BCUT2D eigenvalue weighted by Gasteiger charge is 2.27. The summed E-state index contributed by atoms with van der Waals surface area (Å²) in [5, 5.41) is 0.550. The molecule has 0 aliphatic rings. The van der Waals surface area contributed by atoms with Gasteiger partial charge in [0.15, 0.2) is 6.10 Å². The third-order valence-electron chi connectivity index (χ3n) is 4.09. The van der Waals surface area contributed by atoms with Gasteiger partial charge in [0.05, 0.1) is 17.9 Å². The Morgan fingerprint density at radius 2 is 1.96 bits per heavy atom. The molecular formula is C21H22ClNO5. The Kier molecular flexibility index (Phi) is 7.18. The monoisotopic (exact) mass is 403 g/mol. The van der Waals surface area contributed by atoms with E-state index in [-0.39, 0.29) is 12.3 Å². The minimum atomic E-state index is -1.02. The average molecular weight is 404 g/mol. The molecule has 7 heteroatoms. The standard InChI is InChI=1S/C21H22ClNO5/c1-5-27-21(26)18-12(2)19(23-13(18)3)20(25)14(4)28-17(24)10-9-15-7-6-8-16(22)11-15/h6-11,14,23H,5H2,1-4H3/b10-9+/t14-/m1/s1. The van der Waals surface area contributed by atoms with E-state index >= 15 is 0 Å².